The molecular formula is C28H43ClN4O3. The molecule has 0 aromatic heterocycles. The van der Waals surface area contributed by atoms with Crippen molar-refractivity contribution in [2.24, 2.45) is 16.7 Å². The predicted octanol–water partition coefficient (Wildman–Crippen LogP) is 3.81. The average Bonchev–Trinajstić information content (AvgIpc) is 3.26. The Morgan fingerprint density at radius 2 is 1.89 bits per heavy atom. The third-order valence-corrected chi connectivity index (χ3v) is 8.13. The van der Waals surface area contributed by atoms with Gasteiger partial charge in [0.25, 0.3) is 0 Å². The summed E-state index contributed by atoms with van der Waals surface area (Å²) < 4.78 is 5.43. The number of amides is 2. The molecule has 4 rings (SSSR count). The quantitative estimate of drug-likeness (QED) is 0.499. The van der Waals surface area contributed by atoms with E-state index in [4.69, 9.17) is 16.3 Å². The van der Waals surface area contributed by atoms with Crippen LogP contribution < -0.4 is 16.0 Å². The monoisotopic (exact) mass is 518 g/mol. The maximum absolute atomic E-state index is 14.0. The number of carbonyl (C=O) groups excluding carboxylic acids is 2. The highest BCUT2D eigenvalue weighted by atomic mass is 35.5. The van der Waals surface area contributed by atoms with Gasteiger partial charge in [-0.1, -0.05) is 59.2 Å². The molecule has 8 heteroatoms. The van der Waals surface area contributed by atoms with Crippen LogP contribution in [0.1, 0.15) is 59.9 Å². The minimum absolute atomic E-state index is 0.0251. The Morgan fingerprint density at radius 1 is 1.19 bits per heavy atom. The first-order chi connectivity index (χ1) is 16.8. The average molecular weight is 519 g/mol. The minimum atomic E-state index is -0.860. The standard InChI is InChI=1S/C28H43ClN4O3/c1-26(2,3)17-21-28(19-9-8-18(29)16-20(19)31-25(28)35)23(27(4,5)6)22(32-21)24(34)30-10-7-11-33-12-14-36-15-13-33/h8-9,16,21-23,32H,7,10-15,17H2,1-6H3,(H,30,34)(H,31,35)/t21-,22-,23?,28+/m1/s1. The second-order valence-electron chi connectivity index (χ2n) is 12.9. The van der Waals surface area contributed by atoms with E-state index in [0.717, 1.165) is 56.9 Å². The zero-order valence-corrected chi connectivity index (χ0v) is 23.4. The van der Waals surface area contributed by atoms with Crippen LogP contribution in [0.2, 0.25) is 5.02 Å². The maximum Gasteiger partial charge on any atom is 0.237 e. The number of ether oxygens (including phenoxy) is 1. The molecule has 2 saturated heterocycles. The molecule has 3 N–H and O–H groups in total. The summed E-state index contributed by atoms with van der Waals surface area (Å²) in [5, 5.41) is 10.6. The summed E-state index contributed by atoms with van der Waals surface area (Å²) in [6, 6.07) is 5.00. The number of fused-ring (bicyclic) bond motifs is 2. The highest BCUT2D eigenvalue weighted by Crippen LogP contribution is 2.57. The van der Waals surface area contributed by atoms with Crippen LogP contribution in [0.5, 0.6) is 0 Å². The summed E-state index contributed by atoms with van der Waals surface area (Å²) in [6.07, 6.45) is 1.65. The van der Waals surface area contributed by atoms with Crippen molar-refractivity contribution >= 4 is 29.1 Å². The predicted molar refractivity (Wildman–Crippen MR) is 144 cm³/mol. The zero-order valence-electron chi connectivity index (χ0n) is 22.7. The van der Waals surface area contributed by atoms with Crippen molar-refractivity contribution in [3.05, 3.63) is 28.8 Å². The molecule has 0 bridgehead atoms. The fourth-order valence-electron chi connectivity index (χ4n) is 6.60. The van der Waals surface area contributed by atoms with Crippen molar-refractivity contribution < 1.29 is 14.3 Å². The van der Waals surface area contributed by atoms with Crippen molar-refractivity contribution in [3.8, 4) is 0 Å². The third kappa shape index (κ3) is 5.31. The van der Waals surface area contributed by atoms with Gasteiger partial charge in [0.15, 0.2) is 0 Å². The molecule has 2 fully saturated rings. The summed E-state index contributed by atoms with van der Waals surface area (Å²) in [6.45, 7) is 18.0. The van der Waals surface area contributed by atoms with Gasteiger partial charge in [-0.15, -0.1) is 0 Å². The van der Waals surface area contributed by atoms with E-state index in [2.05, 4.69) is 62.4 Å². The van der Waals surface area contributed by atoms with Gasteiger partial charge in [-0.05, 0) is 47.9 Å². The van der Waals surface area contributed by atoms with Crippen LogP contribution in [0.15, 0.2) is 18.2 Å². The number of nitrogens with one attached hydrogen (secondary N) is 3. The van der Waals surface area contributed by atoms with E-state index in [0.29, 0.717) is 11.6 Å². The van der Waals surface area contributed by atoms with Crippen molar-refractivity contribution in [2.45, 2.75) is 71.9 Å². The molecule has 3 aliphatic rings. The van der Waals surface area contributed by atoms with Crippen molar-refractivity contribution in [2.75, 3.05) is 44.7 Å². The molecular weight excluding hydrogens is 476 g/mol. The van der Waals surface area contributed by atoms with Crippen LogP contribution >= 0.6 is 11.6 Å². The molecule has 1 unspecified atom stereocenters. The lowest BCUT2D eigenvalue weighted by Gasteiger charge is -2.43. The van der Waals surface area contributed by atoms with Crippen LogP contribution in [-0.2, 0) is 19.7 Å². The number of carbonyl (C=O) groups is 2. The summed E-state index contributed by atoms with van der Waals surface area (Å²) in [5.41, 5.74) is 0.497. The Morgan fingerprint density at radius 3 is 2.53 bits per heavy atom. The van der Waals surface area contributed by atoms with E-state index in [1.165, 1.54) is 0 Å². The van der Waals surface area contributed by atoms with Crippen LogP contribution in [0.3, 0.4) is 0 Å². The second-order valence-corrected chi connectivity index (χ2v) is 13.4. The second kappa shape index (κ2) is 10.2. The summed E-state index contributed by atoms with van der Waals surface area (Å²) >= 11 is 6.30. The SMILES string of the molecule is CC(C)(C)C[C@H]1N[C@@H](C(=O)NCCCN2CCOCC2)C(C(C)(C)C)[C@@]12C(=O)Nc1cc(Cl)ccc12. The number of hydrogen-bond donors (Lipinski definition) is 3. The number of benzene rings is 1. The lowest BCUT2D eigenvalue weighted by atomic mass is 9.57. The Bertz CT molecular complexity index is 980. The molecule has 0 saturated carbocycles. The van der Waals surface area contributed by atoms with E-state index < -0.39 is 11.5 Å². The third-order valence-electron chi connectivity index (χ3n) is 7.89. The summed E-state index contributed by atoms with van der Waals surface area (Å²) in [5.74, 6) is -0.300. The number of halogens is 1. The molecule has 200 valence electrons. The van der Waals surface area contributed by atoms with Gasteiger partial charge in [0.2, 0.25) is 11.8 Å². The van der Waals surface area contributed by atoms with E-state index in [1.807, 2.05) is 18.2 Å². The maximum atomic E-state index is 14.0. The Labute approximate surface area is 221 Å². The smallest absolute Gasteiger partial charge is 0.237 e. The molecule has 1 aromatic carbocycles. The molecule has 3 aliphatic heterocycles. The lowest BCUT2D eigenvalue weighted by Crippen LogP contribution is -2.54. The number of anilines is 1. The Hall–Kier alpha value is -1.67. The fourth-order valence-corrected chi connectivity index (χ4v) is 6.77. The molecule has 7 nitrogen and oxygen atoms in total. The van der Waals surface area contributed by atoms with Gasteiger partial charge < -0.3 is 20.7 Å². The number of hydrogen-bond acceptors (Lipinski definition) is 5. The van der Waals surface area contributed by atoms with Gasteiger partial charge in [-0.25, -0.2) is 0 Å². The first kappa shape index (κ1) is 27.4. The van der Waals surface area contributed by atoms with Gasteiger partial charge in [0, 0.05) is 42.3 Å². The number of morpholine rings is 1. The molecule has 4 atom stereocenters. The van der Waals surface area contributed by atoms with Crippen LogP contribution in [0.4, 0.5) is 5.69 Å². The molecule has 3 heterocycles. The number of rotatable bonds is 6. The first-order valence-corrected chi connectivity index (χ1v) is 13.7. The lowest BCUT2D eigenvalue weighted by molar-refractivity contribution is -0.127. The van der Waals surface area contributed by atoms with Crippen molar-refractivity contribution in [1.29, 1.82) is 0 Å². The van der Waals surface area contributed by atoms with Crippen molar-refractivity contribution in [1.82, 2.24) is 15.5 Å². The zero-order chi connectivity index (χ0) is 26.3. The molecule has 1 aromatic rings. The Kier molecular flexibility index (Phi) is 7.78. The normalized spacial score (nSPS) is 28.9. The summed E-state index contributed by atoms with van der Waals surface area (Å²) in [7, 11) is 0. The van der Waals surface area contributed by atoms with E-state index in [9.17, 15) is 9.59 Å². The Balaban J connectivity index is 1.63. The van der Waals surface area contributed by atoms with Crippen LogP contribution in [0, 0.1) is 16.7 Å². The van der Waals surface area contributed by atoms with Crippen LogP contribution in [0.25, 0.3) is 0 Å². The van der Waals surface area contributed by atoms with E-state index >= 15 is 0 Å². The molecule has 2 amide bonds. The van der Waals surface area contributed by atoms with Gasteiger partial charge in [-0.3, -0.25) is 14.5 Å². The van der Waals surface area contributed by atoms with Crippen LogP contribution in [-0.4, -0.2) is 68.2 Å². The van der Waals surface area contributed by atoms with Crippen molar-refractivity contribution in [3.63, 3.8) is 0 Å². The van der Waals surface area contributed by atoms with Gasteiger partial charge in [0.05, 0.1) is 24.7 Å². The highest BCUT2D eigenvalue weighted by Gasteiger charge is 2.67. The summed E-state index contributed by atoms with van der Waals surface area (Å²) in [4.78, 5) is 30.1. The topological polar surface area (TPSA) is 82.7 Å². The first-order valence-electron chi connectivity index (χ1n) is 13.3. The van der Waals surface area contributed by atoms with E-state index in [-0.39, 0.29) is 34.6 Å². The largest absolute Gasteiger partial charge is 0.379 e. The number of nitrogens with zero attached hydrogens (tertiary/aromatic N) is 1. The van der Waals surface area contributed by atoms with E-state index in [1.54, 1.807) is 0 Å². The van der Waals surface area contributed by atoms with Gasteiger partial charge in [-0.2, -0.15) is 0 Å². The molecule has 1 spiro atoms. The van der Waals surface area contributed by atoms with Gasteiger partial charge >= 0.3 is 0 Å². The molecule has 0 aliphatic carbocycles. The highest BCUT2D eigenvalue weighted by molar-refractivity contribution is 6.31. The van der Waals surface area contributed by atoms with Gasteiger partial charge in [0.1, 0.15) is 0 Å². The fraction of sp³-hybridized carbons (Fsp3) is 0.714. The molecule has 0 radical (unpaired) electrons. The minimum Gasteiger partial charge on any atom is -0.379 e. The molecule has 36 heavy (non-hydrogen) atoms.